The van der Waals surface area contributed by atoms with E-state index in [1.807, 2.05) is 189 Å². The number of aryl methyl sites for hydroxylation is 12. The summed E-state index contributed by atoms with van der Waals surface area (Å²) in [4.78, 5) is 53.1. The average molecular weight is 2050 g/mol. The standard InChI is InChI=1S/C20H18N4O.C14H21BO3.C14H16N2O.C13H14N2O.C7H5ClN2.C6H7BrN2.C4H6.C3H4.CH2O3.CH4.BBr3.2Cs.H/c1-13-11-16(25-20-18-5-4-9-24(18)10-8-21-20)6-7-17(13)19-14(2)22-12-23-15(19)3;1-10-9-11(16-6)7-8-12(10)15-17-13(2,3)14(4,5)18-15;1-9-7-12(17-4)5-6-13(9)14-10(2)15-8-16-11(14)3;1-8-6-11(16)4-5-12(8)13-9(2)14-7-15-10(13)3;8-7-6-2-1-4-10(6)5-3-9-7;1-4-6(7)5(2)9-3-8-4;1-3-4-2;1-3-2;2-1-4-3;;2-1(3)4;;;/h4-12H,1-3H3;7-9H,1-6H3;5-8H,1-4H3;4-7,16H,1-3H3;1-5H;3H,1-2H3;1-2H3;1H,2H3;1,3H;1H4;;;;/q;;;;;;;;;;;2*+1;-1/p-1. The van der Waals surface area contributed by atoms with Gasteiger partial charge in [-0.1, -0.05) is 43.3 Å². The fourth-order valence-corrected chi connectivity index (χ4v) is 11.0. The third-order valence-electron chi connectivity index (χ3n) is 16.8. The predicted molar refractivity (Wildman–Crippen MR) is 463 cm³/mol. The third kappa shape index (κ3) is 33.2. The molecule has 4 aromatic carbocycles. The molecule has 0 spiro atoms. The van der Waals surface area contributed by atoms with Gasteiger partial charge < -0.3 is 49.0 Å². The molecule has 113 heavy (non-hydrogen) atoms. The van der Waals surface area contributed by atoms with E-state index in [4.69, 9.17) is 45.2 Å². The molecule has 1 fully saturated rings. The van der Waals surface area contributed by atoms with Gasteiger partial charge in [0.25, 0.3) is 6.47 Å². The number of halogens is 5. The number of aromatic nitrogens is 12. The van der Waals surface area contributed by atoms with E-state index in [0.29, 0.717) is 11.0 Å². The zero-order valence-corrected chi connectivity index (χ0v) is 87.5. The Morgan fingerprint density at radius 1 is 0.540 bits per heavy atom. The zero-order valence-electron chi connectivity index (χ0n) is 68.8. The number of aromatic hydroxyl groups is 1. The van der Waals surface area contributed by atoms with Crippen molar-refractivity contribution in [3.8, 4) is 86.4 Å². The summed E-state index contributed by atoms with van der Waals surface area (Å²) in [5, 5.41) is 18.4. The smallest absolute Gasteiger partial charge is 1.00 e. The Morgan fingerprint density at radius 2 is 0.876 bits per heavy atom. The summed E-state index contributed by atoms with van der Waals surface area (Å²) in [6, 6.07) is 31.2. The molecule has 0 bridgehead atoms. The minimum atomic E-state index is -0.305. The summed E-state index contributed by atoms with van der Waals surface area (Å²) >= 11 is 18.4. The summed E-state index contributed by atoms with van der Waals surface area (Å²) in [7, 11) is 3.04. The van der Waals surface area contributed by atoms with E-state index in [-0.39, 0.29) is 180 Å². The van der Waals surface area contributed by atoms with Crippen LogP contribution in [0.4, 0.5) is 0 Å². The maximum absolute atomic E-state index is 9.39. The molecule has 586 valence electrons. The van der Waals surface area contributed by atoms with Crippen molar-refractivity contribution < 1.29 is 183 Å². The normalized spacial score (nSPS) is 11.2. The van der Waals surface area contributed by atoms with Crippen LogP contribution < -0.4 is 163 Å². The fraction of sp³-hybridized carbons (Fsp3) is 0.289. The number of carbonyl (C=O) groups is 1. The number of ether oxygens (including phenoxy) is 3. The number of phenolic OH excluding ortho intramolecular Hbond substituents is 1. The molecule has 9 heterocycles. The van der Waals surface area contributed by atoms with Crippen molar-refractivity contribution in [1.82, 2.24) is 58.6 Å². The Bertz CT molecular complexity index is 4990. The van der Waals surface area contributed by atoms with Gasteiger partial charge in [0.2, 0.25) is 5.88 Å². The summed E-state index contributed by atoms with van der Waals surface area (Å²) in [5.41, 5.74) is 21.3. The van der Waals surface area contributed by atoms with Gasteiger partial charge in [0.15, 0.2) is 5.15 Å². The second-order valence-electron chi connectivity index (χ2n) is 25.0. The summed E-state index contributed by atoms with van der Waals surface area (Å²) in [5.74, 6) is 11.0. The molecular formula is C83H97B2Br4ClCs2N12O9. The molecule has 1 aliphatic rings. The number of methoxy groups -OCH3 is 2. The first-order valence-corrected chi connectivity index (χ1v) is 38.0. The largest absolute Gasteiger partial charge is 1.00 e. The molecule has 21 nitrogen and oxygen atoms in total. The predicted octanol–water partition coefficient (Wildman–Crippen LogP) is 13.5. The fourth-order valence-electron chi connectivity index (χ4n) is 10.6. The second kappa shape index (κ2) is 53.9. The molecule has 0 saturated carbocycles. The number of hydrogen-bond acceptors (Lipinski definition) is 19. The van der Waals surface area contributed by atoms with Gasteiger partial charge in [-0.15, -0.1) is 71.5 Å². The molecule has 12 aromatic rings. The number of nitrogens with zero attached hydrogens (tertiary/aromatic N) is 12. The molecule has 1 N–H and O–H groups in total. The van der Waals surface area contributed by atoms with E-state index in [1.54, 1.807) is 71.0 Å². The first-order chi connectivity index (χ1) is 52.2. The molecular weight excluding hydrogens is 1950 g/mol. The minimum Gasteiger partial charge on any atom is -1.00 e. The molecule has 1 saturated heterocycles. The first kappa shape index (κ1) is 106. The van der Waals surface area contributed by atoms with Crippen LogP contribution in [0.1, 0.15) is 125 Å². The van der Waals surface area contributed by atoms with E-state index in [9.17, 15) is 5.11 Å². The molecule has 0 aliphatic carbocycles. The SMILES string of the molecule is BrB(Br)Br.C.C#CC.CC#CC.COc1ccc(-c2c(C)ncnc2C)c(C)c1.COc1ccc(B2OC(C)(C)C(C)(C)O2)c(C)c1.Cc1cc(O)ccc1-c1c(C)ncnc1C.Cc1cc(Oc2nccn3cccc23)ccc1-c1c(C)ncnc1C.Cc1ncnc(C)c1Br.Clc1nccn2cccc12.O=CO[O-].[Cs+].[Cs+].[H-]. The van der Waals surface area contributed by atoms with Crippen LogP contribution in [0.15, 0.2) is 164 Å². The van der Waals surface area contributed by atoms with Gasteiger partial charge in [-0.25, -0.2) is 49.8 Å². The Balaban J connectivity index is 0.00000131. The molecule has 30 heteroatoms. The monoisotopic (exact) mass is 2040 g/mol. The van der Waals surface area contributed by atoms with Gasteiger partial charge in [0.05, 0.1) is 46.8 Å². The molecule has 0 unspecified atom stereocenters. The van der Waals surface area contributed by atoms with Crippen LogP contribution in [0.25, 0.3) is 44.4 Å². The number of fused-ring (bicyclic) bond motifs is 2. The Labute approximate surface area is 824 Å². The molecule has 13 rings (SSSR count). The molecule has 8 aromatic heterocycles. The maximum atomic E-state index is 9.39. The quantitative estimate of drug-likeness (QED) is 0.0463. The second-order valence-corrected chi connectivity index (χ2v) is 32.6. The van der Waals surface area contributed by atoms with Gasteiger partial charge >= 0.3 is 148 Å². The minimum absolute atomic E-state index is 0. The van der Waals surface area contributed by atoms with Gasteiger partial charge in [0.1, 0.15) is 53.8 Å². The van der Waals surface area contributed by atoms with Crippen LogP contribution in [0.5, 0.6) is 28.9 Å². The van der Waals surface area contributed by atoms with Crippen molar-refractivity contribution in [3.05, 3.63) is 237 Å². The van der Waals surface area contributed by atoms with Crippen molar-refractivity contribution in [2.75, 3.05) is 14.2 Å². The van der Waals surface area contributed by atoms with Crippen molar-refractivity contribution in [2.45, 2.75) is 150 Å². The van der Waals surface area contributed by atoms with E-state index in [2.05, 4.69) is 196 Å². The molecule has 1 aliphatic heterocycles. The summed E-state index contributed by atoms with van der Waals surface area (Å²) in [6.07, 6.45) is 22.0. The van der Waals surface area contributed by atoms with Crippen molar-refractivity contribution in [2.24, 2.45) is 0 Å². The zero-order chi connectivity index (χ0) is 82.0. The summed E-state index contributed by atoms with van der Waals surface area (Å²) < 4.78 is 33.7. The van der Waals surface area contributed by atoms with Gasteiger partial charge in [-0.3, -0.25) is 4.79 Å². The van der Waals surface area contributed by atoms with Crippen LogP contribution in [-0.4, -0.2) is 106 Å². The Morgan fingerprint density at radius 3 is 1.23 bits per heavy atom. The van der Waals surface area contributed by atoms with Crippen LogP contribution in [-0.2, 0) is 19.0 Å². The number of carbonyl (C=O) groups excluding carboxylic acids is 1. The van der Waals surface area contributed by atoms with Gasteiger partial charge in [-0.2, -0.15) is 0 Å². The van der Waals surface area contributed by atoms with Crippen LogP contribution >= 0.6 is 74.8 Å². The van der Waals surface area contributed by atoms with E-state index in [1.165, 1.54) is 11.1 Å². The van der Waals surface area contributed by atoms with E-state index < -0.39 is 0 Å². The van der Waals surface area contributed by atoms with Crippen molar-refractivity contribution in [1.29, 1.82) is 0 Å². The Hall–Kier alpha value is -5.31. The average Bonchev–Trinajstić information content (AvgIpc) is 1.60. The van der Waals surface area contributed by atoms with Crippen molar-refractivity contribution >= 4 is 108 Å². The summed E-state index contributed by atoms with van der Waals surface area (Å²) in [6.45, 7) is 37.4. The number of benzene rings is 4. The number of rotatable bonds is 9. The number of hydrogen-bond donors (Lipinski definition) is 1. The van der Waals surface area contributed by atoms with Crippen molar-refractivity contribution in [3.63, 3.8) is 0 Å². The topological polar surface area (TPSA) is 253 Å². The van der Waals surface area contributed by atoms with E-state index in [0.717, 1.165) is 128 Å². The van der Waals surface area contributed by atoms with Gasteiger partial charge in [0, 0.05) is 88.0 Å². The Kier molecular flexibility index (Phi) is 50.4. The maximum Gasteiger partial charge on any atom is 1.00 e. The van der Waals surface area contributed by atoms with Crippen LogP contribution in [0.3, 0.4) is 0 Å². The van der Waals surface area contributed by atoms with Crippen LogP contribution in [0, 0.1) is 107 Å². The third-order valence-corrected chi connectivity index (χ3v) is 18.2. The first-order valence-electron chi connectivity index (χ1n) is 34.1. The van der Waals surface area contributed by atoms with Gasteiger partial charge in [-0.05, 0) is 265 Å². The number of terminal acetylenes is 1. The molecule has 0 atom stereocenters. The van der Waals surface area contributed by atoms with E-state index >= 15 is 0 Å². The molecule has 0 radical (unpaired) electrons. The number of phenols is 1. The van der Waals surface area contributed by atoms with Crippen LogP contribution in [0.2, 0.25) is 5.15 Å². The molecule has 0 amide bonds.